The SMILES string of the molecule is Cc1cc2c3nn(-c4ccccc4)c(=O)c-3c[nH]c2cc1N1CCCNCC1. The lowest BCUT2D eigenvalue weighted by Crippen LogP contribution is -2.28. The number of H-pyrrole nitrogens is 1. The number of nitrogens with one attached hydrogen (secondary N) is 2. The lowest BCUT2D eigenvalue weighted by Gasteiger charge is -2.25. The van der Waals surface area contributed by atoms with E-state index >= 15 is 0 Å². The molecule has 6 nitrogen and oxygen atoms in total. The minimum atomic E-state index is -0.0975. The molecule has 2 aromatic rings. The summed E-state index contributed by atoms with van der Waals surface area (Å²) in [7, 11) is 0. The summed E-state index contributed by atoms with van der Waals surface area (Å²) in [4.78, 5) is 18.6. The molecule has 142 valence electrons. The summed E-state index contributed by atoms with van der Waals surface area (Å²) < 4.78 is 1.49. The van der Waals surface area contributed by atoms with Crippen molar-refractivity contribution < 1.29 is 0 Å². The van der Waals surface area contributed by atoms with Crippen LogP contribution in [0.3, 0.4) is 0 Å². The van der Waals surface area contributed by atoms with E-state index in [1.807, 2.05) is 30.3 Å². The van der Waals surface area contributed by atoms with Crippen LogP contribution in [0.2, 0.25) is 0 Å². The number of pyridine rings is 1. The van der Waals surface area contributed by atoms with Gasteiger partial charge in [0.2, 0.25) is 0 Å². The molecule has 6 heteroatoms. The molecule has 5 rings (SSSR count). The monoisotopic (exact) mass is 373 g/mol. The van der Waals surface area contributed by atoms with Crippen molar-refractivity contribution in [3.05, 3.63) is 64.6 Å². The van der Waals surface area contributed by atoms with Crippen LogP contribution in [0.4, 0.5) is 5.69 Å². The molecule has 0 saturated carbocycles. The molecule has 3 heterocycles. The lowest BCUT2D eigenvalue weighted by molar-refractivity contribution is 0.724. The van der Waals surface area contributed by atoms with Gasteiger partial charge < -0.3 is 15.2 Å². The number of hydrogen-bond donors (Lipinski definition) is 2. The predicted octanol–water partition coefficient (Wildman–Crippen LogP) is 2.93. The van der Waals surface area contributed by atoms with Crippen LogP contribution in [0.1, 0.15) is 12.0 Å². The Hall–Kier alpha value is -3.12. The molecule has 0 unspecified atom stereocenters. The van der Waals surface area contributed by atoms with Gasteiger partial charge in [-0.05, 0) is 49.7 Å². The van der Waals surface area contributed by atoms with Gasteiger partial charge in [0.05, 0.1) is 11.3 Å². The quantitative estimate of drug-likeness (QED) is 0.567. The van der Waals surface area contributed by atoms with E-state index in [0.717, 1.165) is 54.9 Å². The van der Waals surface area contributed by atoms with E-state index in [1.165, 1.54) is 15.9 Å². The smallest absolute Gasteiger partial charge is 0.282 e. The van der Waals surface area contributed by atoms with Gasteiger partial charge in [-0.15, -0.1) is 0 Å². The molecule has 0 radical (unpaired) electrons. The van der Waals surface area contributed by atoms with Gasteiger partial charge >= 0.3 is 0 Å². The average Bonchev–Trinajstić information content (AvgIpc) is 2.89. The first-order valence-electron chi connectivity index (χ1n) is 9.78. The van der Waals surface area contributed by atoms with Crippen molar-refractivity contribution in [1.29, 1.82) is 0 Å². The van der Waals surface area contributed by atoms with Gasteiger partial charge in [0.15, 0.2) is 0 Å². The van der Waals surface area contributed by atoms with Gasteiger partial charge in [-0.3, -0.25) is 4.79 Å². The highest BCUT2D eigenvalue weighted by molar-refractivity contribution is 5.96. The zero-order valence-corrected chi connectivity index (χ0v) is 15.9. The Morgan fingerprint density at radius 1 is 1.07 bits per heavy atom. The lowest BCUT2D eigenvalue weighted by atomic mass is 10.0. The predicted molar refractivity (Wildman–Crippen MR) is 113 cm³/mol. The van der Waals surface area contributed by atoms with Gasteiger partial charge in [0, 0.05) is 42.4 Å². The fraction of sp³-hybridized carbons (Fsp3) is 0.273. The molecule has 3 aliphatic heterocycles. The fourth-order valence-electron chi connectivity index (χ4n) is 4.08. The van der Waals surface area contributed by atoms with E-state index in [1.54, 1.807) is 6.20 Å². The van der Waals surface area contributed by atoms with Crippen LogP contribution in [0, 0.1) is 6.92 Å². The van der Waals surface area contributed by atoms with Gasteiger partial charge in [-0.25, -0.2) is 0 Å². The Kier molecular flexibility index (Phi) is 4.13. The molecule has 0 aliphatic carbocycles. The van der Waals surface area contributed by atoms with E-state index in [0.29, 0.717) is 5.56 Å². The van der Waals surface area contributed by atoms with Gasteiger partial charge in [0.25, 0.3) is 5.56 Å². The number of aromatic nitrogens is 3. The Morgan fingerprint density at radius 3 is 2.79 bits per heavy atom. The number of para-hydroxylation sites is 1. The number of rotatable bonds is 2. The van der Waals surface area contributed by atoms with E-state index in [2.05, 4.69) is 39.4 Å². The summed E-state index contributed by atoms with van der Waals surface area (Å²) in [6, 6.07) is 13.9. The second-order valence-corrected chi connectivity index (χ2v) is 7.38. The second-order valence-electron chi connectivity index (χ2n) is 7.38. The first-order chi connectivity index (χ1) is 13.7. The summed E-state index contributed by atoms with van der Waals surface area (Å²) in [6.45, 7) is 6.26. The average molecular weight is 373 g/mol. The van der Waals surface area contributed by atoms with Crippen LogP contribution < -0.4 is 15.8 Å². The summed E-state index contributed by atoms with van der Waals surface area (Å²) in [5.74, 6) is 0. The van der Waals surface area contributed by atoms with Crippen molar-refractivity contribution >= 4 is 16.6 Å². The number of aromatic amines is 1. The summed E-state index contributed by atoms with van der Waals surface area (Å²) in [5, 5.41) is 9.11. The zero-order chi connectivity index (χ0) is 19.1. The van der Waals surface area contributed by atoms with Crippen LogP contribution in [0.5, 0.6) is 0 Å². The molecular formula is C22H23N5O. The highest BCUT2D eigenvalue weighted by Crippen LogP contribution is 2.32. The van der Waals surface area contributed by atoms with E-state index in [4.69, 9.17) is 0 Å². The molecule has 0 aromatic heterocycles. The van der Waals surface area contributed by atoms with Crippen molar-refractivity contribution in [2.24, 2.45) is 0 Å². The maximum atomic E-state index is 12.9. The Morgan fingerprint density at radius 2 is 1.93 bits per heavy atom. The van der Waals surface area contributed by atoms with E-state index in [9.17, 15) is 4.79 Å². The highest BCUT2D eigenvalue weighted by Gasteiger charge is 2.21. The Labute approximate surface area is 163 Å². The van der Waals surface area contributed by atoms with Crippen molar-refractivity contribution in [2.45, 2.75) is 13.3 Å². The van der Waals surface area contributed by atoms with E-state index < -0.39 is 0 Å². The first-order valence-corrected chi connectivity index (χ1v) is 9.78. The molecule has 2 N–H and O–H groups in total. The van der Waals surface area contributed by atoms with Crippen molar-refractivity contribution in [3.63, 3.8) is 0 Å². The molecule has 0 spiro atoms. The minimum absolute atomic E-state index is 0.0975. The third-order valence-corrected chi connectivity index (χ3v) is 5.52. The fourth-order valence-corrected chi connectivity index (χ4v) is 4.08. The van der Waals surface area contributed by atoms with Crippen LogP contribution in [-0.2, 0) is 0 Å². The number of hydrogen-bond acceptors (Lipinski definition) is 4. The van der Waals surface area contributed by atoms with Gasteiger partial charge in [-0.2, -0.15) is 9.78 Å². The Balaban J connectivity index is 1.67. The van der Waals surface area contributed by atoms with Crippen LogP contribution in [0.15, 0.2) is 53.5 Å². The molecular weight excluding hydrogens is 350 g/mol. The molecule has 0 bridgehead atoms. The molecule has 1 fully saturated rings. The van der Waals surface area contributed by atoms with E-state index in [-0.39, 0.29) is 5.56 Å². The summed E-state index contributed by atoms with van der Waals surface area (Å²) >= 11 is 0. The zero-order valence-electron chi connectivity index (χ0n) is 15.9. The maximum absolute atomic E-state index is 12.9. The number of nitrogens with zero attached hydrogens (tertiary/aromatic N) is 3. The van der Waals surface area contributed by atoms with Crippen molar-refractivity contribution in [3.8, 4) is 16.9 Å². The standard InChI is InChI=1S/C22H23N5O/c1-15-12-17-19(13-20(15)26-10-5-8-23-9-11-26)24-14-18-21(17)25-27(22(18)28)16-6-3-2-4-7-16/h2-4,6-7,12-14,23-24H,5,8-11H2,1H3. The van der Waals surface area contributed by atoms with Crippen molar-refractivity contribution in [1.82, 2.24) is 20.1 Å². The maximum Gasteiger partial charge on any atom is 0.282 e. The van der Waals surface area contributed by atoms with Crippen LogP contribution >= 0.6 is 0 Å². The van der Waals surface area contributed by atoms with Gasteiger partial charge in [0.1, 0.15) is 5.69 Å². The third kappa shape index (κ3) is 2.77. The number of fused-ring (bicyclic) bond motifs is 3. The van der Waals surface area contributed by atoms with Gasteiger partial charge in [-0.1, -0.05) is 18.2 Å². The second kappa shape index (κ2) is 6.80. The Bertz CT molecular complexity index is 1150. The number of aryl methyl sites for hydroxylation is 1. The molecule has 2 aromatic carbocycles. The van der Waals surface area contributed by atoms with Crippen molar-refractivity contribution in [2.75, 3.05) is 31.1 Å². The van der Waals surface area contributed by atoms with Crippen LogP contribution in [-0.4, -0.2) is 40.9 Å². The molecule has 28 heavy (non-hydrogen) atoms. The molecule has 1 saturated heterocycles. The minimum Gasteiger partial charge on any atom is -0.370 e. The number of benzene rings is 2. The normalized spacial score (nSPS) is 15.2. The molecule has 0 atom stereocenters. The largest absolute Gasteiger partial charge is 0.370 e. The topological polar surface area (TPSA) is 66.0 Å². The molecule has 3 aliphatic rings. The first kappa shape index (κ1) is 17.0. The number of anilines is 1. The third-order valence-electron chi connectivity index (χ3n) is 5.52. The summed E-state index contributed by atoms with van der Waals surface area (Å²) in [5.41, 5.74) is 5.50. The van der Waals surface area contributed by atoms with Crippen LogP contribution in [0.25, 0.3) is 27.8 Å². The summed E-state index contributed by atoms with van der Waals surface area (Å²) in [6.07, 6.45) is 2.93. The highest BCUT2D eigenvalue weighted by atomic mass is 16.1. The molecule has 0 amide bonds.